The van der Waals surface area contributed by atoms with E-state index in [9.17, 15) is 8.78 Å². The largest absolute Gasteiger partial charge is 0.367 e. The Balaban J connectivity index is 2.10. The van der Waals surface area contributed by atoms with Gasteiger partial charge in [0.25, 0.3) is 0 Å². The highest BCUT2D eigenvalue weighted by Crippen LogP contribution is 2.31. The molecule has 2 rings (SSSR count). The smallest absolute Gasteiger partial charge is 0.149 e. The van der Waals surface area contributed by atoms with Crippen LogP contribution in [0.3, 0.4) is 0 Å². The molecule has 0 radical (unpaired) electrons. The van der Waals surface area contributed by atoms with Crippen LogP contribution in [0.1, 0.15) is 45.1 Å². The zero-order valence-electron chi connectivity index (χ0n) is 13.1. The molecule has 4 heteroatoms. The van der Waals surface area contributed by atoms with Gasteiger partial charge in [-0.15, -0.1) is 0 Å². The second-order valence-corrected chi connectivity index (χ2v) is 5.92. The molecule has 0 amide bonds. The van der Waals surface area contributed by atoms with Crippen molar-refractivity contribution in [3.05, 3.63) is 29.3 Å². The summed E-state index contributed by atoms with van der Waals surface area (Å²) in [6, 6.07) is 2.93. The zero-order chi connectivity index (χ0) is 15.2. The number of benzene rings is 1. The van der Waals surface area contributed by atoms with Crippen LogP contribution >= 0.6 is 0 Å². The van der Waals surface area contributed by atoms with E-state index in [2.05, 4.69) is 12.2 Å². The molecule has 1 N–H and O–H groups in total. The van der Waals surface area contributed by atoms with Crippen LogP contribution in [-0.4, -0.2) is 19.6 Å². The quantitative estimate of drug-likeness (QED) is 0.727. The first kappa shape index (κ1) is 16.2. The Kier molecular flexibility index (Phi) is 5.97. The lowest BCUT2D eigenvalue weighted by atomic mass is 9.85. The van der Waals surface area contributed by atoms with Crippen LogP contribution in [0, 0.1) is 17.6 Å². The minimum atomic E-state index is -0.440. The zero-order valence-corrected chi connectivity index (χ0v) is 13.1. The minimum absolute atomic E-state index is 0.142. The average molecular weight is 296 g/mol. The fourth-order valence-corrected chi connectivity index (χ4v) is 2.80. The second-order valence-electron chi connectivity index (χ2n) is 5.92. The van der Waals surface area contributed by atoms with Crippen LogP contribution in [0.4, 0.5) is 14.5 Å². The summed E-state index contributed by atoms with van der Waals surface area (Å²) in [6.45, 7) is 6.78. The molecule has 21 heavy (non-hydrogen) atoms. The maximum absolute atomic E-state index is 14.3. The van der Waals surface area contributed by atoms with E-state index in [0.717, 1.165) is 19.5 Å². The molecule has 0 aliphatic heterocycles. The summed E-state index contributed by atoms with van der Waals surface area (Å²) in [7, 11) is 0. The van der Waals surface area contributed by atoms with Gasteiger partial charge in [-0.25, -0.2) is 8.78 Å². The van der Waals surface area contributed by atoms with E-state index in [1.54, 1.807) is 0 Å². The second kappa shape index (κ2) is 7.74. The van der Waals surface area contributed by atoms with E-state index < -0.39 is 11.6 Å². The summed E-state index contributed by atoms with van der Waals surface area (Å²) >= 11 is 0. The molecule has 118 valence electrons. The SMILES string of the molecule is CCCNCc1cc(F)c(N(CC)CC2CCC2)c(F)c1. The summed E-state index contributed by atoms with van der Waals surface area (Å²) in [5.74, 6) is -0.288. The predicted octanol–water partition coefficient (Wildman–Crippen LogP) is 4.09. The van der Waals surface area contributed by atoms with E-state index in [-0.39, 0.29) is 5.69 Å². The molecule has 1 saturated carbocycles. The lowest BCUT2D eigenvalue weighted by Crippen LogP contribution is -2.33. The van der Waals surface area contributed by atoms with Crippen LogP contribution in [0.15, 0.2) is 12.1 Å². The van der Waals surface area contributed by atoms with Crippen molar-refractivity contribution in [2.24, 2.45) is 5.92 Å². The van der Waals surface area contributed by atoms with Gasteiger partial charge in [0.1, 0.15) is 17.3 Å². The van der Waals surface area contributed by atoms with Gasteiger partial charge < -0.3 is 10.2 Å². The van der Waals surface area contributed by atoms with Gasteiger partial charge >= 0.3 is 0 Å². The van der Waals surface area contributed by atoms with Gasteiger partial charge in [0.15, 0.2) is 0 Å². The maximum Gasteiger partial charge on any atom is 0.149 e. The molecule has 0 atom stereocenters. The first-order valence-corrected chi connectivity index (χ1v) is 8.09. The van der Waals surface area contributed by atoms with Crippen molar-refractivity contribution in [2.75, 3.05) is 24.5 Å². The summed E-state index contributed by atoms with van der Waals surface area (Å²) in [6.07, 6.45) is 4.61. The highest BCUT2D eigenvalue weighted by Gasteiger charge is 2.23. The molecule has 0 aromatic heterocycles. The number of anilines is 1. The predicted molar refractivity (Wildman–Crippen MR) is 83.6 cm³/mol. The van der Waals surface area contributed by atoms with Gasteiger partial charge in [-0.3, -0.25) is 0 Å². The lowest BCUT2D eigenvalue weighted by molar-refractivity contribution is 0.317. The van der Waals surface area contributed by atoms with E-state index in [4.69, 9.17) is 0 Å². The molecule has 1 aromatic rings. The van der Waals surface area contributed by atoms with E-state index in [0.29, 0.717) is 24.6 Å². The van der Waals surface area contributed by atoms with Crippen molar-refractivity contribution in [3.63, 3.8) is 0 Å². The van der Waals surface area contributed by atoms with Crippen LogP contribution in [0.25, 0.3) is 0 Å². The van der Waals surface area contributed by atoms with Crippen LogP contribution in [0.2, 0.25) is 0 Å². The van der Waals surface area contributed by atoms with E-state index in [1.165, 1.54) is 31.4 Å². The fraction of sp³-hybridized carbons (Fsp3) is 0.647. The number of nitrogens with one attached hydrogen (secondary N) is 1. The Morgan fingerprint density at radius 3 is 2.33 bits per heavy atom. The Bertz CT molecular complexity index is 435. The maximum atomic E-state index is 14.3. The first-order chi connectivity index (χ1) is 10.2. The van der Waals surface area contributed by atoms with Crippen molar-refractivity contribution in [1.29, 1.82) is 0 Å². The number of nitrogens with zero attached hydrogens (tertiary/aromatic N) is 1. The van der Waals surface area contributed by atoms with Crippen LogP contribution in [-0.2, 0) is 6.54 Å². The molecular formula is C17H26F2N2. The molecule has 1 aliphatic rings. The van der Waals surface area contributed by atoms with Gasteiger partial charge in [0.2, 0.25) is 0 Å². The van der Waals surface area contributed by atoms with Gasteiger partial charge in [0.05, 0.1) is 0 Å². The van der Waals surface area contributed by atoms with E-state index in [1.807, 2.05) is 11.8 Å². The highest BCUT2D eigenvalue weighted by atomic mass is 19.1. The molecule has 0 saturated heterocycles. The average Bonchev–Trinajstić information content (AvgIpc) is 2.40. The van der Waals surface area contributed by atoms with Gasteiger partial charge in [0, 0.05) is 19.6 Å². The first-order valence-electron chi connectivity index (χ1n) is 8.09. The summed E-state index contributed by atoms with van der Waals surface area (Å²) in [4.78, 5) is 1.84. The fourth-order valence-electron chi connectivity index (χ4n) is 2.80. The van der Waals surface area contributed by atoms with Crippen molar-refractivity contribution < 1.29 is 8.78 Å². The topological polar surface area (TPSA) is 15.3 Å². The Morgan fingerprint density at radius 1 is 1.19 bits per heavy atom. The molecular weight excluding hydrogens is 270 g/mol. The van der Waals surface area contributed by atoms with Crippen molar-refractivity contribution >= 4 is 5.69 Å². The highest BCUT2D eigenvalue weighted by molar-refractivity contribution is 5.50. The van der Waals surface area contributed by atoms with Crippen molar-refractivity contribution in [1.82, 2.24) is 5.32 Å². The molecule has 1 fully saturated rings. The molecule has 2 nitrogen and oxygen atoms in total. The lowest BCUT2D eigenvalue weighted by Gasteiger charge is -2.33. The number of hydrogen-bond acceptors (Lipinski definition) is 2. The third-order valence-electron chi connectivity index (χ3n) is 4.23. The number of halogens is 2. The summed E-state index contributed by atoms with van der Waals surface area (Å²) in [5, 5.41) is 3.17. The molecule has 0 bridgehead atoms. The van der Waals surface area contributed by atoms with E-state index >= 15 is 0 Å². The standard InChI is InChI=1S/C17H26F2N2/c1-3-8-20-11-14-9-15(18)17(16(19)10-14)21(4-2)12-13-6-5-7-13/h9-10,13,20H,3-8,11-12H2,1-2H3. The van der Waals surface area contributed by atoms with Gasteiger partial charge in [-0.2, -0.15) is 0 Å². The molecule has 1 aliphatic carbocycles. The third-order valence-corrected chi connectivity index (χ3v) is 4.23. The monoisotopic (exact) mass is 296 g/mol. The van der Waals surface area contributed by atoms with Crippen molar-refractivity contribution in [3.8, 4) is 0 Å². The van der Waals surface area contributed by atoms with Crippen LogP contribution < -0.4 is 10.2 Å². The normalized spacial score (nSPS) is 15.0. The number of hydrogen-bond donors (Lipinski definition) is 1. The Labute approximate surface area is 126 Å². The number of rotatable bonds is 8. The minimum Gasteiger partial charge on any atom is -0.367 e. The van der Waals surface area contributed by atoms with Gasteiger partial charge in [-0.05, 0) is 56.3 Å². The molecule has 0 unspecified atom stereocenters. The van der Waals surface area contributed by atoms with Gasteiger partial charge in [-0.1, -0.05) is 13.3 Å². The van der Waals surface area contributed by atoms with Crippen LogP contribution in [0.5, 0.6) is 0 Å². The summed E-state index contributed by atoms with van der Waals surface area (Å²) in [5.41, 5.74) is 0.811. The molecule has 0 spiro atoms. The molecule has 1 aromatic carbocycles. The summed E-state index contributed by atoms with van der Waals surface area (Å²) < 4.78 is 28.6. The van der Waals surface area contributed by atoms with Crippen molar-refractivity contribution in [2.45, 2.75) is 46.1 Å². The Morgan fingerprint density at radius 2 is 1.86 bits per heavy atom. The third kappa shape index (κ3) is 4.16. The molecule has 0 heterocycles. The Hall–Kier alpha value is -1.16.